The molecule has 5 aromatic rings. The molecule has 220 valence electrons. The molecule has 1 aliphatic heterocycles. The Kier molecular flexibility index (Phi) is 9.34. The average molecular weight is 616 g/mol. The lowest BCUT2D eigenvalue weighted by Gasteiger charge is -2.35. The van der Waals surface area contributed by atoms with Gasteiger partial charge in [-0.15, -0.1) is 0 Å². The highest BCUT2D eigenvalue weighted by Gasteiger charge is 2.56. The Hall–Kier alpha value is -3.36. The standard InChI is InChI=1S/C35H32Cl2N2O4/c1-35(42-22-26-15-9-4-10-16-26)31(27-17-18-28-29(19-27)38-34(37)39-33(28)36)43-30(23-40-20-24-11-5-2-6-12-24)32(35)41-21-25-13-7-3-8-14-25/h2-19,30-32H,20-23H2,1H3/t30-,31+,32-,35+/m1/s1. The van der Waals surface area contributed by atoms with E-state index in [1.807, 2.05) is 109 Å². The first-order valence-electron chi connectivity index (χ1n) is 14.2. The summed E-state index contributed by atoms with van der Waals surface area (Å²) in [6.45, 7) is 3.62. The summed E-state index contributed by atoms with van der Waals surface area (Å²) < 4.78 is 26.5. The molecule has 0 aliphatic carbocycles. The maximum Gasteiger partial charge on any atom is 0.224 e. The lowest BCUT2D eigenvalue weighted by Crippen LogP contribution is -2.47. The van der Waals surface area contributed by atoms with Crippen molar-refractivity contribution in [3.63, 3.8) is 0 Å². The molecule has 0 spiro atoms. The Balaban J connectivity index is 1.34. The summed E-state index contributed by atoms with van der Waals surface area (Å²) in [6, 6.07) is 36.1. The third kappa shape index (κ3) is 6.91. The van der Waals surface area contributed by atoms with E-state index >= 15 is 0 Å². The smallest absolute Gasteiger partial charge is 0.224 e. The van der Waals surface area contributed by atoms with Crippen molar-refractivity contribution in [2.24, 2.45) is 0 Å². The minimum Gasteiger partial charge on any atom is -0.374 e. The fourth-order valence-corrected chi connectivity index (χ4v) is 6.01. The minimum atomic E-state index is -0.889. The molecule has 4 atom stereocenters. The monoisotopic (exact) mass is 614 g/mol. The summed E-state index contributed by atoms with van der Waals surface area (Å²) in [6.07, 6.45) is -1.36. The van der Waals surface area contributed by atoms with Gasteiger partial charge in [0.25, 0.3) is 0 Å². The van der Waals surface area contributed by atoms with E-state index in [9.17, 15) is 0 Å². The second-order valence-electron chi connectivity index (χ2n) is 10.8. The Labute approximate surface area is 261 Å². The summed E-state index contributed by atoms with van der Waals surface area (Å²) in [7, 11) is 0. The van der Waals surface area contributed by atoms with E-state index in [-0.39, 0.29) is 5.28 Å². The zero-order valence-corrected chi connectivity index (χ0v) is 25.2. The van der Waals surface area contributed by atoms with Gasteiger partial charge in [0.15, 0.2) is 0 Å². The van der Waals surface area contributed by atoms with Crippen LogP contribution < -0.4 is 0 Å². The van der Waals surface area contributed by atoms with Crippen LogP contribution in [0.25, 0.3) is 10.9 Å². The number of ether oxygens (including phenoxy) is 4. The number of aromatic nitrogens is 2. The van der Waals surface area contributed by atoms with Crippen LogP contribution >= 0.6 is 23.2 Å². The van der Waals surface area contributed by atoms with Gasteiger partial charge in [-0.1, -0.05) is 109 Å². The van der Waals surface area contributed by atoms with Crippen LogP contribution in [0.3, 0.4) is 0 Å². The van der Waals surface area contributed by atoms with E-state index in [4.69, 9.17) is 42.1 Å². The predicted molar refractivity (Wildman–Crippen MR) is 168 cm³/mol. The number of nitrogens with zero attached hydrogens (tertiary/aromatic N) is 2. The Morgan fingerprint density at radius 2 is 1.35 bits per heavy atom. The SMILES string of the molecule is C[C@@]1(OCc2ccccc2)[C@H](OCc2ccccc2)[C@@H](COCc2ccccc2)O[C@H]1c1ccc2c(Cl)nc(Cl)nc2c1. The molecule has 1 saturated heterocycles. The topological polar surface area (TPSA) is 62.7 Å². The minimum absolute atomic E-state index is 0.0846. The summed E-state index contributed by atoms with van der Waals surface area (Å²) in [5, 5.41) is 1.09. The van der Waals surface area contributed by atoms with Gasteiger partial charge in [-0.05, 0) is 52.9 Å². The van der Waals surface area contributed by atoms with Crippen molar-refractivity contribution in [3.05, 3.63) is 142 Å². The molecular formula is C35H32Cl2N2O4. The van der Waals surface area contributed by atoms with E-state index in [2.05, 4.69) is 16.9 Å². The summed E-state index contributed by atoms with van der Waals surface area (Å²) in [5.41, 5.74) is 3.81. The Bertz CT molecular complexity index is 1640. The highest BCUT2D eigenvalue weighted by atomic mass is 35.5. The molecule has 1 aliphatic rings. The van der Waals surface area contributed by atoms with Crippen LogP contribution in [0.1, 0.15) is 35.3 Å². The number of benzene rings is 4. The van der Waals surface area contributed by atoms with Crippen LogP contribution in [0.4, 0.5) is 0 Å². The zero-order valence-electron chi connectivity index (χ0n) is 23.7. The van der Waals surface area contributed by atoms with Crippen LogP contribution in [0.5, 0.6) is 0 Å². The third-order valence-corrected chi connectivity index (χ3v) is 8.20. The van der Waals surface area contributed by atoms with Crippen LogP contribution in [0, 0.1) is 0 Å². The molecule has 2 heterocycles. The second kappa shape index (κ2) is 13.5. The van der Waals surface area contributed by atoms with E-state index in [0.717, 1.165) is 22.3 Å². The van der Waals surface area contributed by atoms with Crippen LogP contribution in [-0.2, 0) is 38.8 Å². The van der Waals surface area contributed by atoms with Gasteiger partial charge < -0.3 is 18.9 Å². The fraction of sp³-hybridized carbons (Fsp3) is 0.257. The number of fused-ring (bicyclic) bond motifs is 1. The Morgan fingerprint density at radius 3 is 2.00 bits per heavy atom. The molecule has 1 fully saturated rings. The van der Waals surface area contributed by atoms with Crippen molar-refractivity contribution < 1.29 is 18.9 Å². The summed E-state index contributed by atoms with van der Waals surface area (Å²) >= 11 is 12.5. The van der Waals surface area contributed by atoms with Gasteiger partial charge in [0.05, 0.1) is 31.9 Å². The lowest BCUT2D eigenvalue weighted by atomic mass is 9.87. The molecule has 0 radical (unpaired) electrons. The third-order valence-electron chi connectivity index (χ3n) is 7.74. The first kappa shape index (κ1) is 29.7. The number of hydrogen-bond acceptors (Lipinski definition) is 6. The molecule has 6 rings (SSSR count). The maximum absolute atomic E-state index is 6.82. The zero-order chi connectivity index (χ0) is 29.6. The Morgan fingerprint density at radius 1 is 0.744 bits per heavy atom. The lowest BCUT2D eigenvalue weighted by molar-refractivity contribution is -0.147. The molecular weight excluding hydrogens is 583 g/mol. The van der Waals surface area contributed by atoms with E-state index < -0.39 is 23.9 Å². The molecule has 1 aromatic heterocycles. The quantitative estimate of drug-likeness (QED) is 0.110. The first-order chi connectivity index (χ1) is 21.0. The number of hydrogen-bond donors (Lipinski definition) is 0. The largest absolute Gasteiger partial charge is 0.374 e. The molecule has 43 heavy (non-hydrogen) atoms. The number of halogens is 2. The van der Waals surface area contributed by atoms with E-state index in [1.165, 1.54) is 0 Å². The molecule has 8 heteroatoms. The van der Waals surface area contributed by atoms with Crippen molar-refractivity contribution >= 4 is 34.1 Å². The first-order valence-corrected chi connectivity index (χ1v) is 15.0. The van der Waals surface area contributed by atoms with Crippen molar-refractivity contribution in [1.29, 1.82) is 0 Å². The fourth-order valence-electron chi connectivity index (χ4n) is 5.55. The number of rotatable bonds is 11. The van der Waals surface area contributed by atoms with Gasteiger partial charge in [0, 0.05) is 5.39 Å². The van der Waals surface area contributed by atoms with Crippen LogP contribution in [0.15, 0.2) is 109 Å². The molecule has 0 bridgehead atoms. The van der Waals surface area contributed by atoms with Crippen LogP contribution in [-0.4, -0.2) is 34.4 Å². The highest BCUT2D eigenvalue weighted by molar-refractivity contribution is 6.35. The molecule has 4 aromatic carbocycles. The van der Waals surface area contributed by atoms with Crippen LogP contribution in [0.2, 0.25) is 10.4 Å². The van der Waals surface area contributed by atoms with E-state index in [1.54, 1.807) is 0 Å². The molecule has 6 nitrogen and oxygen atoms in total. The molecule has 0 unspecified atom stereocenters. The van der Waals surface area contributed by atoms with Crippen molar-refractivity contribution in [3.8, 4) is 0 Å². The highest BCUT2D eigenvalue weighted by Crippen LogP contribution is 2.47. The molecule has 0 N–H and O–H groups in total. The predicted octanol–water partition coefficient (Wildman–Crippen LogP) is 8.15. The molecule has 0 amide bonds. The van der Waals surface area contributed by atoms with Gasteiger partial charge in [0.1, 0.15) is 29.1 Å². The van der Waals surface area contributed by atoms with Crippen molar-refractivity contribution in [2.45, 2.75) is 50.7 Å². The van der Waals surface area contributed by atoms with Crippen molar-refractivity contribution in [1.82, 2.24) is 9.97 Å². The van der Waals surface area contributed by atoms with E-state index in [0.29, 0.717) is 42.5 Å². The maximum atomic E-state index is 6.82. The molecule has 0 saturated carbocycles. The van der Waals surface area contributed by atoms with Gasteiger partial charge in [-0.2, -0.15) is 0 Å². The van der Waals surface area contributed by atoms with Gasteiger partial charge in [-0.3, -0.25) is 0 Å². The summed E-state index contributed by atoms with van der Waals surface area (Å²) in [5.74, 6) is 0. The summed E-state index contributed by atoms with van der Waals surface area (Å²) in [4.78, 5) is 8.51. The normalized spacial score (nSPS) is 21.8. The van der Waals surface area contributed by atoms with Gasteiger partial charge >= 0.3 is 0 Å². The second-order valence-corrected chi connectivity index (χ2v) is 11.5. The average Bonchev–Trinajstić information content (AvgIpc) is 3.31. The van der Waals surface area contributed by atoms with Gasteiger partial charge in [-0.25, -0.2) is 9.97 Å². The van der Waals surface area contributed by atoms with Crippen molar-refractivity contribution in [2.75, 3.05) is 6.61 Å². The van der Waals surface area contributed by atoms with Gasteiger partial charge in [0.2, 0.25) is 5.28 Å².